The monoisotopic (exact) mass is 306 g/mol. The van der Waals surface area contributed by atoms with E-state index in [2.05, 4.69) is 5.32 Å². The van der Waals surface area contributed by atoms with Crippen LogP contribution in [0.3, 0.4) is 0 Å². The SMILES string of the molecule is OCC[C@@H](c1cc(F)cc(C(F)(F)F)c1)N1CCNCC1. The van der Waals surface area contributed by atoms with Crippen molar-refractivity contribution in [2.75, 3.05) is 32.8 Å². The molecular weight excluding hydrogens is 288 g/mol. The number of hydrogen-bond acceptors (Lipinski definition) is 3. The van der Waals surface area contributed by atoms with E-state index in [4.69, 9.17) is 5.11 Å². The zero-order valence-corrected chi connectivity index (χ0v) is 11.5. The highest BCUT2D eigenvalue weighted by Gasteiger charge is 2.32. The van der Waals surface area contributed by atoms with Crippen molar-refractivity contribution in [1.82, 2.24) is 10.2 Å². The van der Waals surface area contributed by atoms with E-state index in [0.717, 1.165) is 25.2 Å². The summed E-state index contributed by atoms with van der Waals surface area (Å²) in [5, 5.41) is 12.3. The van der Waals surface area contributed by atoms with Gasteiger partial charge in [0.25, 0.3) is 0 Å². The van der Waals surface area contributed by atoms with Gasteiger partial charge in [-0.2, -0.15) is 13.2 Å². The van der Waals surface area contributed by atoms with Crippen LogP contribution < -0.4 is 5.32 Å². The summed E-state index contributed by atoms with van der Waals surface area (Å²) in [5.74, 6) is -0.905. The lowest BCUT2D eigenvalue weighted by Gasteiger charge is -2.35. The highest BCUT2D eigenvalue weighted by molar-refractivity contribution is 5.29. The van der Waals surface area contributed by atoms with E-state index in [9.17, 15) is 17.6 Å². The molecule has 118 valence electrons. The molecule has 1 aromatic carbocycles. The fourth-order valence-corrected chi connectivity index (χ4v) is 2.64. The number of aliphatic hydroxyl groups is 1. The third-order valence-electron chi connectivity index (χ3n) is 3.63. The second-order valence-electron chi connectivity index (χ2n) is 5.09. The Morgan fingerprint density at radius 3 is 2.43 bits per heavy atom. The van der Waals surface area contributed by atoms with Gasteiger partial charge >= 0.3 is 6.18 Å². The molecule has 2 N–H and O–H groups in total. The molecular formula is C14H18F4N2O. The molecule has 0 aromatic heterocycles. The Hall–Kier alpha value is -1.18. The van der Waals surface area contributed by atoms with Gasteiger partial charge in [0.05, 0.1) is 5.56 Å². The van der Waals surface area contributed by atoms with Crippen LogP contribution in [0.15, 0.2) is 18.2 Å². The first kappa shape index (κ1) is 16.2. The van der Waals surface area contributed by atoms with Crippen molar-refractivity contribution in [2.24, 2.45) is 0 Å². The molecule has 0 spiro atoms. The van der Waals surface area contributed by atoms with Crippen LogP contribution in [-0.4, -0.2) is 42.8 Å². The molecule has 1 atom stereocenters. The summed E-state index contributed by atoms with van der Waals surface area (Å²) in [4.78, 5) is 1.97. The van der Waals surface area contributed by atoms with Crippen LogP contribution in [0.5, 0.6) is 0 Å². The maximum atomic E-state index is 13.5. The predicted octanol–water partition coefficient (Wildman–Crippen LogP) is 2.17. The molecule has 0 amide bonds. The molecule has 1 fully saturated rings. The second-order valence-corrected chi connectivity index (χ2v) is 5.09. The second kappa shape index (κ2) is 6.72. The Morgan fingerprint density at radius 2 is 1.86 bits per heavy atom. The van der Waals surface area contributed by atoms with Crippen LogP contribution in [0.2, 0.25) is 0 Å². The molecule has 1 aliphatic heterocycles. The van der Waals surface area contributed by atoms with E-state index in [0.29, 0.717) is 19.2 Å². The maximum absolute atomic E-state index is 13.5. The van der Waals surface area contributed by atoms with Crippen molar-refractivity contribution < 1.29 is 22.7 Å². The van der Waals surface area contributed by atoms with Gasteiger partial charge in [-0.3, -0.25) is 4.90 Å². The highest BCUT2D eigenvalue weighted by Crippen LogP contribution is 2.33. The number of benzene rings is 1. The first-order valence-corrected chi connectivity index (χ1v) is 6.85. The van der Waals surface area contributed by atoms with Crippen molar-refractivity contribution in [1.29, 1.82) is 0 Å². The molecule has 0 saturated carbocycles. The molecule has 1 aromatic rings. The van der Waals surface area contributed by atoms with Crippen molar-refractivity contribution in [2.45, 2.75) is 18.6 Å². The van der Waals surface area contributed by atoms with E-state index in [1.165, 1.54) is 0 Å². The number of alkyl halides is 3. The van der Waals surface area contributed by atoms with Crippen molar-refractivity contribution in [3.63, 3.8) is 0 Å². The van der Waals surface area contributed by atoms with E-state index in [-0.39, 0.29) is 18.6 Å². The molecule has 2 rings (SSSR count). The van der Waals surface area contributed by atoms with Crippen LogP contribution >= 0.6 is 0 Å². The van der Waals surface area contributed by atoms with Gasteiger partial charge < -0.3 is 10.4 Å². The Morgan fingerprint density at radius 1 is 1.19 bits per heavy atom. The number of hydrogen-bond donors (Lipinski definition) is 2. The topological polar surface area (TPSA) is 35.5 Å². The molecule has 0 radical (unpaired) electrons. The smallest absolute Gasteiger partial charge is 0.396 e. The standard InChI is InChI=1S/C14H18F4N2O/c15-12-8-10(7-11(9-12)14(16,17)18)13(1-6-21)20-4-2-19-3-5-20/h7-9,13,19,21H,1-6H2/t13-/m0/s1. The largest absolute Gasteiger partial charge is 0.416 e. The first-order valence-electron chi connectivity index (χ1n) is 6.85. The van der Waals surface area contributed by atoms with Crippen LogP contribution in [-0.2, 0) is 6.18 Å². The van der Waals surface area contributed by atoms with Crippen LogP contribution in [0.25, 0.3) is 0 Å². The lowest BCUT2D eigenvalue weighted by Crippen LogP contribution is -2.45. The van der Waals surface area contributed by atoms with E-state index >= 15 is 0 Å². The fourth-order valence-electron chi connectivity index (χ4n) is 2.64. The normalized spacial score (nSPS) is 18.7. The summed E-state index contributed by atoms with van der Waals surface area (Å²) in [5.41, 5.74) is -0.728. The summed E-state index contributed by atoms with van der Waals surface area (Å²) in [7, 11) is 0. The van der Waals surface area contributed by atoms with E-state index in [1.54, 1.807) is 0 Å². The minimum atomic E-state index is -4.58. The minimum Gasteiger partial charge on any atom is -0.396 e. The number of halogens is 4. The predicted molar refractivity (Wildman–Crippen MR) is 70.3 cm³/mol. The van der Waals surface area contributed by atoms with Crippen LogP contribution in [0.1, 0.15) is 23.6 Å². The molecule has 3 nitrogen and oxygen atoms in total. The molecule has 7 heteroatoms. The van der Waals surface area contributed by atoms with Gasteiger partial charge in [0.15, 0.2) is 0 Å². The number of piperazine rings is 1. The maximum Gasteiger partial charge on any atom is 0.416 e. The summed E-state index contributed by atoms with van der Waals surface area (Å²) >= 11 is 0. The molecule has 21 heavy (non-hydrogen) atoms. The number of aliphatic hydroxyl groups excluding tert-OH is 1. The zero-order valence-electron chi connectivity index (χ0n) is 11.5. The van der Waals surface area contributed by atoms with Gasteiger partial charge in [-0.25, -0.2) is 4.39 Å². The van der Waals surface area contributed by atoms with Gasteiger partial charge in [-0.15, -0.1) is 0 Å². The third-order valence-corrected chi connectivity index (χ3v) is 3.63. The molecule has 1 heterocycles. The molecule has 0 bridgehead atoms. The number of rotatable bonds is 4. The lowest BCUT2D eigenvalue weighted by molar-refractivity contribution is -0.137. The van der Waals surface area contributed by atoms with Crippen molar-refractivity contribution in [3.05, 3.63) is 35.1 Å². The number of nitrogens with one attached hydrogen (secondary N) is 1. The Bertz CT molecular complexity index is 473. The molecule has 0 aliphatic carbocycles. The van der Waals surface area contributed by atoms with E-state index in [1.807, 2.05) is 4.90 Å². The van der Waals surface area contributed by atoms with Gasteiger partial charge in [0.2, 0.25) is 0 Å². The quantitative estimate of drug-likeness (QED) is 0.837. The summed E-state index contributed by atoms with van der Waals surface area (Å²) in [6, 6.07) is 2.19. The Labute approximate surface area is 120 Å². The Kier molecular flexibility index (Phi) is 5.18. The summed E-state index contributed by atoms with van der Waals surface area (Å²) in [6.07, 6.45) is -4.30. The summed E-state index contributed by atoms with van der Waals surface area (Å²) in [6.45, 7) is 2.60. The van der Waals surface area contributed by atoms with Gasteiger partial charge in [-0.1, -0.05) is 0 Å². The van der Waals surface area contributed by atoms with Gasteiger partial charge in [-0.05, 0) is 30.2 Å². The molecule has 0 unspecified atom stereocenters. The number of nitrogens with zero attached hydrogens (tertiary/aromatic N) is 1. The highest BCUT2D eigenvalue weighted by atomic mass is 19.4. The fraction of sp³-hybridized carbons (Fsp3) is 0.571. The average molecular weight is 306 g/mol. The lowest BCUT2D eigenvalue weighted by atomic mass is 9.99. The molecule has 1 aliphatic rings. The van der Waals surface area contributed by atoms with Crippen molar-refractivity contribution in [3.8, 4) is 0 Å². The average Bonchev–Trinajstić information content (AvgIpc) is 2.44. The first-order chi connectivity index (χ1) is 9.91. The molecule has 1 saturated heterocycles. The Balaban J connectivity index is 2.32. The van der Waals surface area contributed by atoms with Crippen LogP contribution in [0.4, 0.5) is 17.6 Å². The van der Waals surface area contributed by atoms with Gasteiger partial charge in [0, 0.05) is 38.8 Å². The van der Waals surface area contributed by atoms with Crippen LogP contribution in [0, 0.1) is 5.82 Å². The van der Waals surface area contributed by atoms with E-state index < -0.39 is 23.6 Å². The summed E-state index contributed by atoms with van der Waals surface area (Å²) < 4.78 is 51.9. The van der Waals surface area contributed by atoms with Gasteiger partial charge in [0.1, 0.15) is 5.82 Å². The van der Waals surface area contributed by atoms with Crippen molar-refractivity contribution >= 4 is 0 Å². The minimum absolute atomic E-state index is 0.160. The zero-order chi connectivity index (χ0) is 15.5. The third kappa shape index (κ3) is 4.15.